The van der Waals surface area contributed by atoms with Crippen molar-refractivity contribution >= 4 is 21.8 Å². The summed E-state index contributed by atoms with van der Waals surface area (Å²) < 4.78 is 17.4. The Morgan fingerprint density at radius 2 is 1.88 bits per heavy atom. The lowest BCUT2D eigenvalue weighted by atomic mass is 10.1. The van der Waals surface area contributed by atoms with Gasteiger partial charge in [-0.1, -0.05) is 12.1 Å². The number of hydrogen-bond donors (Lipinski definition) is 1. The number of amides is 1. The number of nitrogens with one attached hydrogen (secondary N) is 1. The van der Waals surface area contributed by atoms with Gasteiger partial charge in [0.05, 0.1) is 24.8 Å². The predicted molar refractivity (Wildman–Crippen MR) is 103 cm³/mol. The van der Waals surface area contributed by atoms with Crippen LogP contribution in [0.1, 0.15) is 24.0 Å². The van der Waals surface area contributed by atoms with Crippen molar-refractivity contribution in [1.82, 2.24) is 5.32 Å². The normalized spacial score (nSPS) is 13.0. The number of aryl methyl sites for hydroxylation is 1. The molecule has 5 nitrogen and oxygen atoms in total. The first-order valence-electron chi connectivity index (χ1n) is 8.63. The summed E-state index contributed by atoms with van der Waals surface area (Å²) in [5.41, 5.74) is 2.08. The first-order chi connectivity index (χ1) is 12.7. The summed E-state index contributed by atoms with van der Waals surface area (Å²) in [6.45, 7) is 1.83. The monoisotopic (exact) mass is 419 g/mol. The summed E-state index contributed by atoms with van der Waals surface area (Å²) in [6, 6.07) is 11.6. The van der Waals surface area contributed by atoms with Gasteiger partial charge in [-0.15, -0.1) is 0 Å². The molecule has 0 fully saturated rings. The van der Waals surface area contributed by atoms with Gasteiger partial charge >= 0.3 is 0 Å². The van der Waals surface area contributed by atoms with Crippen LogP contribution in [0.2, 0.25) is 0 Å². The van der Waals surface area contributed by atoms with Crippen molar-refractivity contribution in [3.05, 3.63) is 52.0 Å². The van der Waals surface area contributed by atoms with Gasteiger partial charge in [-0.05, 0) is 57.7 Å². The fraction of sp³-hybridized carbons (Fsp3) is 0.350. The number of rotatable bonds is 6. The van der Waals surface area contributed by atoms with Gasteiger partial charge in [-0.25, -0.2) is 0 Å². The van der Waals surface area contributed by atoms with Gasteiger partial charge in [0.2, 0.25) is 5.91 Å². The number of ether oxygens (including phenoxy) is 3. The number of carbonyl (C=O) groups excluding carboxylic acids is 1. The minimum Gasteiger partial charge on any atom is -0.496 e. The topological polar surface area (TPSA) is 56.8 Å². The molecule has 26 heavy (non-hydrogen) atoms. The molecule has 0 radical (unpaired) electrons. The first-order valence-corrected chi connectivity index (χ1v) is 9.42. The van der Waals surface area contributed by atoms with Crippen LogP contribution in [-0.4, -0.2) is 26.2 Å². The number of halogens is 1. The maximum atomic E-state index is 12.1. The summed E-state index contributed by atoms with van der Waals surface area (Å²) in [6.07, 6.45) is 1.97. The summed E-state index contributed by atoms with van der Waals surface area (Å²) in [7, 11) is 1.63. The van der Waals surface area contributed by atoms with Gasteiger partial charge in [0.15, 0.2) is 11.5 Å². The Balaban J connectivity index is 1.49. The quantitative estimate of drug-likeness (QED) is 0.771. The predicted octanol–water partition coefficient (Wildman–Crippen LogP) is 3.87. The van der Waals surface area contributed by atoms with Gasteiger partial charge in [0, 0.05) is 19.4 Å². The Labute approximate surface area is 161 Å². The lowest BCUT2D eigenvalue weighted by molar-refractivity contribution is -0.121. The Bertz CT molecular complexity index is 778. The van der Waals surface area contributed by atoms with Crippen molar-refractivity contribution in [2.75, 3.05) is 20.3 Å². The van der Waals surface area contributed by atoms with E-state index in [-0.39, 0.29) is 5.91 Å². The molecule has 138 valence electrons. The largest absolute Gasteiger partial charge is 0.496 e. The highest BCUT2D eigenvalue weighted by molar-refractivity contribution is 9.10. The molecule has 6 heteroatoms. The summed E-state index contributed by atoms with van der Waals surface area (Å²) in [4.78, 5) is 12.1. The fourth-order valence-electron chi connectivity index (χ4n) is 2.73. The van der Waals surface area contributed by atoms with E-state index < -0.39 is 0 Å². The summed E-state index contributed by atoms with van der Waals surface area (Å²) in [5.74, 6) is 2.34. The third-order valence-corrected chi connectivity index (χ3v) is 4.78. The Hall–Kier alpha value is -2.21. The van der Waals surface area contributed by atoms with Crippen LogP contribution in [-0.2, 0) is 17.8 Å². The second-order valence-corrected chi connectivity index (χ2v) is 6.93. The molecule has 1 aliphatic rings. The van der Waals surface area contributed by atoms with Gasteiger partial charge in [-0.2, -0.15) is 0 Å². The molecule has 1 heterocycles. The molecule has 2 aromatic rings. The van der Waals surface area contributed by atoms with E-state index in [1.165, 1.54) is 0 Å². The maximum Gasteiger partial charge on any atom is 0.220 e. The lowest BCUT2D eigenvalue weighted by Gasteiger charge is -2.10. The second kappa shape index (κ2) is 8.94. The van der Waals surface area contributed by atoms with Crippen molar-refractivity contribution in [2.24, 2.45) is 0 Å². The minimum absolute atomic E-state index is 0.0176. The molecule has 1 aliphatic heterocycles. The molecule has 0 unspecified atom stereocenters. The Kier molecular flexibility index (Phi) is 6.39. The van der Waals surface area contributed by atoms with E-state index in [9.17, 15) is 4.79 Å². The van der Waals surface area contributed by atoms with Crippen LogP contribution in [0.5, 0.6) is 17.2 Å². The van der Waals surface area contributed by atoms with Crippen LogP contribution in [0, 0.1) is 0 Å². The molecule has 0 atom stereocenters. The molecule has 0 bridgehead atoms. The van der Waals surface area contributed by atoms with E-state index in [4.69, 9.17) is 14.2 Å². The standard InChI is InChI=1S/C20H22BrNO4/c1-24-17-6-4-15(11-16(17)21)13-22-20(23)8-5-14-3-7-18-19(12-14)26-10-2-9-25-18/h3-4,6-7,11-12H,2,5,8-10,13H2,1H3,(H,22,23). The average molecular weight is 420 g/mol. The smallest absolute Gasteiger partial charge is 0.220 e. The van der Waals surface area contributed by atoms with Crippen LogP contribution in [0.4, 0.5) is 0 Å². The van der Waals surface area contributed by atoms with E-state index >= 15 is 0 Å². The molecule has 3 rings (SSSR count). The van der Waals surface area contributed by atoms with Gasteiger partial charge in [0.1, 0.15) is 5.75 Å². The zero-order valence-electron chi connectivity index (χ0n) is 14.7. The van der Waals surface area contributed by atoms with Crippen LogP contribution in [0.3, 0.4) is 0 Å². The highest BCUT2D eigenvalue weighted by Gasteiger charge is 2.11. The Morgan fingerprint density at radius 1 is 1.12 bits per heavy atom. The van der Waals surface area contributed by atoms with Crippen molar-refractivity contribution in [1.29, 1.82) is 0 Å². The zero-order chi connectivity index (χ0) is 18.4. The highest BCUT2D eigenvalue weighted by atomic mass is 79.9. The minimum atomic E-state index is 0.0176. The molecule has 2 aromatic carbocycles. The fourth-order valence-corrected chi connectivity index (χ4v) is 3.32. The van der Waals surface area contributed by atoms with Crippen LogP contribution >= 0.6 is 15.9 Å². The van der Waals surface area contributed by atoms with Gasteiger partial charge < -0.3 is 19.5 Å². The number of carbonyl (C=O) groups is 1. The number of methoxy groups -OCH3 is 1. The molecule has 0 spiro atoms. The van der Waals surface area contributed by atoms with Gasteiger partial charge in [-0.3, -0.25) is 4.79 Å². The van der Waals surface area contributed by atoms with E-state index in [1.807, 2.05) is 36.4 Å². The Morgan fingerprint density at radius 3 is 2.65 bits per heavy atom. The molecule has 1 amide bonds. The molecular weight excluding hydrogens is 398 g/mol. The van der Waals surface area contributed by atoms with Crippen molar-refractivity contribution < 1.29 is 19.0 Å². The lowest BCUT2D eigenvalue weighted by Crippen LogP contribution is -2.23. The molecule has 0 aliphatic carbocycles. The van der Waals surface area contributed by atoms with E-state index in [1.54, 1.807) is 7.11 Å². The maximum absolute atomic E-state index is 12.1. The summed E-state index contributed by atoms with van der Waals surface area (Å²) >= 11 is 3.45. The van der Waals surface area contributed by atoms with E-state index in [0.29, 0.717) is 32.6 Å². The van der Waals surface area contributed by atoms with E-state index in [2.05, 4.69) is 21.2 Å². The molecule has 0 aromatic heterocycles. The second-order valence-electron chi connectivity index (χ2n) is 6.08. The third-order valence-electron chi connectivity index (χ3n) is 4.16. The summed E-state index contributed by atoms with van der Waals surface area (Å²) in [5, 5.41) is 2.95. The highest BCUT2D eigenvalue weighted by Crippen LogP contribution is 2.30. The first kappa shape index (κ1) is 18.6. The van der Waals surface area contributed by atoms with Crippen molar-refractivity contribution in [3.8, 4) is 17.2 Å². The van der Waals surface area contributed by atoms with Crippen molar-refractivity contribution in [2.45, 2.75) is 25.8 Å². The third kappa shape index (κ3) is 4.91. The number of hydrogen-bond acceptors (Lipinski definition) is 4. The van der Waals surface area contributed by atoms with Crippen LogP contribution < -0.4 is 19.5 Å². The van der Waals surface area contributed by atoms with Crippen LogP contribution in [0.15, 0.2) is 40.9 Å². The molecule has 1 N–H and O–H groups in total. The number of benzene rings is 2. The van der Waals surface area contributed by atoms with Crippen molar-refractivity contribution in [3.63, 3.8) is 0 Å². The van der Waals surface area contributed by atoms with Gasteiger partial charge in [0.25, 0.3) is 0 Å². The zero-order valence-corrected chi connectivity index (χ0v) is 16.3. The SMILES string of the molecule is COc1ccc(CNC(=O)CCc2ccc3c(c2)OCCCO3)cc1Br. The van der Waals surface area contributed by atoms with Crippen LogP contribution in [0.25, 0.3) is 0 Å². The average Bonchev–Trinajstić information content (AvgIpc) is 2.89. The molecular formula is C20H22BrNO4. The number of fused-ring (bicyclic) bond motifs is 1. The molecule has 0 saturated carbocycles. The van der Waals surface area contributed by atoms with E-state index in [0.717, 1.165) is 39.3 Å². The molecule has 0 saturated heterocycles.